The molecular weight excluding hydrogens is 1310 g/mol. The number of aryl methyl sites for hydroxylation is 2. The molecular formula is C78H118N4O20. The summed E-state index contributed by atoms with van der Waals surface area (Å²) in [5.74, 6) is 0. The Labute approximate surface area is 606 Å². The van der Waals surface area contributed by atoms with E-state index < -0.39 is 5.41 Å². The van der Waals surface area contributed by atoms with Crippen LogP contribution in [0.4, 0.5) is 17.1 Å². The molecule has 0 atom stereocenters. The molecule has 0 aliphatic heterocycles. The molecule has 102 heavy (non-hydrogen) atoms. The Balaban J connectivity index is 1.04. The summed E-state index contributed by atoms with van der Waals surface area (Å²) in [4.78, 5) is 6.74. The summed E-state index contributed by atoms with van der Waals surface area (Å²) >= 11 is 0. The Hall–Kier alpha value is -5.81. The first-order valence-electron chi connectivity index (χ1n) is 35.9. The van der Waals surface area contributed by atoms with Crippen LogP contribution in [0.2, 0.25) is 0 Å². The molecule has 0 spiro atoms. The third kappa shape index (κ3) is 37.8. The van der Waals surface area contributed by atoms with E-state index in [1.54, 1.807) is 0 Å². The Bertz CT molecular complexity index is 2670. The predicted octanol–water partition coefficient (Wildman–Crippen LogP) is 7.52. The number of ether oxygens (including phenoxy) is 18. The van der Waals surface area contributed by atoms with Gasteiger partial charge in [-0.05, 0) is 89.2 Å². The van der Waals surface area contributed by atoms with Crippen LogP contribution >= 0.6 is 0 Å². The van der Waals surface area contributed by atoms with Crippen LogP contribution in [0, 0.1) is 25.2 Å². The Morgan fingerprint density at radius 1 is 0.304 bits per heavy atom. The topological polar surface area (TPSA) is 240 Å². The van der Waals surface area contributed by atoms with Gasteiger partial charge in [-0.3, -0.25) is 0 Å². The van der Waals surface area contributed by atoms with Crippen LogP contribution < -0.4 is 14.7 Å². The summed E-state index contributed by atoms with van der Waals surface area (Å²) in [5, 5.41) is 29.2. The van der Waals surface area contributed by atoms with E-state index in [0.29, 0.717) is 264 Å². The highest BCUT2D eigenvalue weighted by Crippen LogP contribution is 2.44. The highest BCUT2D eigenvalue weighted by Gasteiger charge is 2.40. The quantitative estimate of drug-likeness (QED) is 0.0282. The van der Waals surface area contributed by atoms with Crippen molar-refractivity contribution in [3.8, 4) is 6.07 Å². The van der Waals surface area contributed by atoms with E-state index in [0.717, 1.165) is 44.9 Å². The zero-order valence-corrected chi connectivity index (χ0v) is 61.3. The molecule has 0 aromatic heterocycles. The normalized spacial score (nSPS) is 11.6. The van der Waals surface area contributed by atoms with Gasteiger partial charge in [0.25, 0.3) is 0 Å². The third-order valence-corrected chi connectivity index (χ3v) is 15.8. The summed E-state index contributed by atoms with van der Waals surface area (Å²) in [6, 6.07) is 45.2. The molecule has 5 aromatic rings. The van der Waals surface area contributed by atoms with E-state index in [1.165, 1.54) is 11.1 Å². The summed E-state index contributed by atoms with van der Waals surface area (Å²) in [6.45, 7) is 23.4. The molecule has 0 aliphatic carbocycles. The number of nitriles is 1. The van der Waals surface area contributed by atoms with Gasteiger partial charge in [0.1, 0.15) is 5.41 Å². The van der Waals surface area contributed by atoms with Crippen LogP contribution in [0.15, 0.2) is 121 Å². The minimum atomic E-state index is -1.16. The second-order valence-corrected chi connectivity index (χ2v) is 23.6. The van der Waals surface area contributed by atoms with Crippen LogP contribution in [0.3, 0.4) is 0 Å². The van der Waals surface area contributed by atoms with E-state index in [4.69, 9.17) is 95.5 Å². The maximum Gasteiger partial charge on any atom is 0.133 e. The number of aliphatic hydroxyl groups is 2. The average molecular weight is 1430 g/mol. The van der Waals surface area contributed by atoms with E-state index in [1.807, 2.05) is 26.2 Å². The molecule has 0 unspecified atom stereocenters. The van der Waals surface area contributed by atoms with Gasteiger partial charge in [-0.1, -0.05) is 84.9 Å². The number of hydrogen-bond donors (Lipinski definition) is 2. The van der Waals surface area contributed by atoms with Crippen LogP contribution in [-0.4, -0.2) is 288 Å². The molecule has 0 bridgehead atoms. The van der Waals surface area contributed by atoms with Gasteiger partial charge in [0, 0.05) is 57.3 Å². The summed E-state index contributed by atoms with van der Waals surface area (Å²) in [6.07, 6.45) is 0. The third-order valence-electron chi connectivity index (χ3n) is 15.8. The molecule has 0 aliphatic rings. The number of aliphatic hydroxyl groups excluding tert-OH is 2. The van der Waals surface area contributed by atoms with Crippen LogP contribution in [-0.2, 0) is 104 Å². The minimum absolute atomic E-state index is 0.0104. The van der Waals surface area contributed by atoms with Crippen LogP contribution in [0.25, 0.3) is 0 Å². The number of anilines is 3. The molecule has 570 valence electrons. The standard InChI is InChI=1S/C78H118N4O20/c1-68-63-74(81(65-70-11-7-5-8-12-70)23-27-85-31-35-89-39-43-93-47-51-97-55-59-101-61-57-99-53-49-95-45-41-91-37-33-87-29-25-83)19-21-76(68)78(67-79,72-15-17-73(18-16-72)80(3)4)77-22-20-75(64-69(77)2)82(66-71-13-9-6-10-14-71)24-28-86-32-36-90-40-44-94-48-52-98-56-60-102-62-58-100-54-50-96-46-42-92-38-34-88-30-26-84/h5-22,63-64,83-84H,23-62,65-66H2,1-4H3. The molecule has 0 radical (unpaired) electrons. The van der Waals surface area contributed by atoms with Crippen molar-refractivity contribution in [2.75, 3.05) is 293 Å². The van der Waals surface area contributed by atoms with Crippen molar-refractivity contribution in [1.29, 1.82) is 5.26 Å². The Morgan fingerprint density at radius 2 is 0.539 bits per heavy atom. The fraction of sp³-hybridized carbons (Fsp3) is 0.603. The molecule has 0 amide bonds. The summed E-state index contributed by atoms with van der Waals surface area (Å²) in [7, 11) is 4.05. The van der Waals surface area contributed by atoms with Crippen molar-refractivity contribution in [2.45, 2.75) is 32.4 Å². The highest BCUT2D eigenvalue weighted by atomic mass is 16.6. The van der Waals surface area contributed by atoms with Crippen LogP contribution in [0.5, 0.6) is 0 Å². The maximum atomic E-state index is 11.8. The highest BCUT2D eigenvalue weighted by molar-refractivity contribution is 5.66. The largest absolute Gasteiger partial charge is 0.394 e. The number of benzene rings is 5. The fourth-order valence-corrected chi connectivity index (χ4v) is 10.6. The lowest BCUT2D eigenvalue weighted by Gasteiger charge is -2.34. The maximum absolute atomic E-state index is 11.8. The molecule has 24 heteroatoms. The van der Waals surface area contributed by atoms with Gasteiger partial charge in [-0.25, -0.2) is 0 Å². The molecule has 2 N–H and O–H groups in total. The van der Waals surface area contributed by atoms with E-state index in [9.17, 15) is 5.26 Å². The molecule has 0 saturated carbocycles. The number of nitrogens with zero attached hydrogens (tertiary/aromatic N) is 4. The first-order valence-corrected chi connectivity index (χ1v) is 35.9. The van der Waals surface area contributed by atoms with Crippen molar-refractivity contribution >= 4 is 17.1 Å². The second kappa shape index (κ2) is 58.5. The zero-order chi connectivity index (χ0) is 72.3. The van der Waals surface area contributed by atoms with E-state index in [-0.39, 0.29) is 13.2 Å². The lowest BCUT2D eigenvalue weighted by molar-refractivity contribution is -0.0254. The van der Waals surface area contributed by atoms with E-state index >= 15 is 0 Å². The van der Waals surface area contributed by atoms with Crippen molar-refractivity contribution in [2.24, 2.45) is 0 Å². The van der Waals surface area contributed by atoms with Gasteiger partial charge in [0.15, 0.2) is 0 Å². The first-order chi connectivity index (χ1) is 50.3. The summed E-state index contributed by atoms with van der Waals surface area (Å²) in [5.41, 5.74) is 9.01. The van der Waals surface area contributed by atoms with Gasteiger partial charge in [0.2, 0.25) is 0 Å². The second-order valence-electron chi connectivity index (χ2n) is 23.6. The lowest BCUT2D eigenvalue weighted by Crippen LogP contribution is -2.31. The van der Waals surface area contributed by atoms with Crippen molar-refractivity contribution in [3.05, 3.63) is 160 Å². The van der Waals surface area contributed by atoms with Crippen molar-refractivity contribution < 1.29 is 95.5 Å². The van der Waals surface area contributed by atoms with Gasteiger partial charge < -0.3 is 110 Å². The predicted molar refractivity (Wildman–Crippen MR) is 393 cm³/mol. The van der Waals surface area contributed by atoms with Crippen molar-refractivity contribution in [1.82, 2.24) is 0 Å². The number of hydrogen-bond acceptors (Lipinski definition) is 24. The molecule has 5 aromatic carbocycles. The average Bonchev–Trinajstić information content (AvgIpc) is 0.739. The molecule has 0 fully saturated rings. The SMILES string of the molecule is Cc1cc(N(CCOCCOCCOCCOCCOCCOCCOCCOCCOCCO)Cc2ccccc2)ccc1C(C#N)(c1ccc(N(C)C)cc1)c1ccc(N(CCOCCOCCOCCOCCOCCOCCOCCOCCOCCO)Cc2ccccc2)cc1C. The Morgan fingerprint density at radius 3 is 0.765 bits per heavy atom. The number of rotatable bonds is 68. The van der Waals surface area contributed by atoms with E-state index in [2.05, 4.69) is 144 Å². The minimum Gasteiger partial charge on any atom is -0.394 e. The lowest BCUT2D eigenvalue weighted by atomic mass is 9.68. The summed E-state index contributed by atoms with van der Waals surface area (Å²) < 4.78 is 101. The Kier molecular flexibility index (Phi) is 49.8. The van der Waals surface area contributed by atoms with Crippen LogP contribution in [0.1, 0.15) is 38.9 Å². The first kappa shape index (κ1) is 86.8. The molecule has 0 heterocycles. The molecule has 0 saturated heterocycles. The van der Waals surface area contributed by atoms with Gasteiger partial charge in [0.05, 0.1) is 257 Å². The molecule has 24 nitrogen and oxygen atoms in total. The van der Waals surface area contributed by atoms with Gasteiger partial charge >= 0.3 is 0 Å². The van der Waals surface area contributed by atoms with Gasteiger partial charge in [-0.2, -0.15) is 5.26 Å². The fourth-order valence-electron chi connectivity index (χ4n) is 10.6. The monoisotopic (exact) mass is 1430 g/mol. The zero-order valence-electron chi connectivity index (χ0n) is 61.3. The molecule has 5 rings (SSSR count). The smallest absolute Gasteiger partial charge is 0.133 e. The van der Waals surface area contributed by atoms with Gasteiger partial charge in [-0.15, -0.1) is 0 Å². The van der Waals surface area contributed by atoms with Crippen molar-refractivity contribution in [3.63, 3.8) is 0 Å².